The monoisotopic (exact) mass is 511 g/mol. The Hall–Kier alpha value is 1.79. The van der Waals surface area contributed by atoms with Gasteiger partial charge in [0, 0.05) is 0 Å². The Labute approximate surface area is 186 Å². The maximum Gasteiger partial charge on any atom is 0.226 e. The summed E-state index contributed by atoms with van der Waals surface area (Å²) in [5.41, 5.74) is 1.10. The number of unbranched alkanes of at least 4 members (excludes halogenated alkanes) is 1. The van der Waals surface area contributed by atoms with Gasteiger partial charge >= 0.3 is 0 Å². The van der Waals surface area contributed by atoms with Crippen LogP contribution in [-0.2, 0) is 15.9 Å². The maximum absolute atomic E-state index is 10.6. The van der Waals surface area contributed by atoms with Crippen molar-refractivity contribution in [3.8, 4) is 0 Å². The fourth-order valence-corrected chi connectivity index (χ4v) is 4.34. The molecule has 0 fully saturated rings. The van der Waals surface area contributed by atoms with Crippen LogP contribution >= 0.6 is 104 Å². The average Bonchev–Trinajstić information content (AvgIpc) is 2.46. The smallest absolute Gasteiger partial charge is 0.226 e. The molecular weight excluding hydrogens is 503 g/mol. The molecule has 0 saturated heterocycles. The molecular formula is C14H12Cl9O. The molecule has 1 rings (SSSR count). The minimum absolute atomic E-state index is 0.177. The Kier molecular flexibility index (Phi) is 8.80. The lowest BCUT2D eigenvalue weighted by Gasteiger charge is -2.44. The van der Waals surface area contributed by atoms with Crippen molar-refractivity contribution in [1.82, 2.24) is 0 Å². The summed E-state index contributed by atoms with van der Waals surface area (Å²) in [5, 5.41) is 10.6. The second kappa shape index (κ2) is 8.86. The third-order valence-corrected chi connectivity index (χ3v) is 8.79. The number of hydrogen-bond acceptors (Lipinski definition) is 0. The summed E-state index contributed by atoms with van der Waals surface area (Å²) in [7, 11) is 0. The number of rotatable bonds is 7. The lowest BCUT2D eigenvalue weighted by molar-refractivity contribution is 0.187. The number of halogens is 9. The zero-order valence-electron chi connectivity index (χ0n) is 11.9. The third kappa shape index (κ3) is 4.79. The van der Waals surface area contributed by atoms with Crippen molar-refractivity contribution >= 4 is 104 Å². The molecule has 0 aliphatic carbocycles. The minimum atomic E-state index is -2.33. The Balaban J connectivity index is 3.33. The van der Waals surface area contributed by atoms with Gasteiger partial charge in [-0.25, -0.2) is 5.11 Å². The van der Waals surface area contributed by atoms with Crippen molar-refractivity contribution in [1.29, 1.82) is 0 Å². The molecule has 24 heavy (non-hydrogen) atoms. The van der Waals surface area contributed by atoms with E-state index in [-0.39, 0.29) is 6.61 Å². The fourth-order valence-electron chi connectivity index (χ4n) is 2.01. The predicted octanol–water partition coefficient (Wildman–Crippen LogP) is 7.79. The van der Waals surface area contributed by atoms with E-state index in [1.807, 2.05) is 0 Å². The van der Waals surface area contributed by atoms with Crippen LogP contribution in [0.25, 0.3) is 0 Å². The zero-order chi connectivity index (χ0) is 18.8. The molecule has 0 atom stereocenters. The fraction of sp³-hybridized carbons (Fsp3) is 0.571. The van der Waals surface area contributed by atoms with Crippen LogP contribution in [0.15, 0.2) is 24.3 Å². The van der Waals surface area contributed by atoms with E-state index < -0.39 is 16.8 Å². The lowest BCUT2D eigenvalue weighted by Crippen LogP contribution is -2.55. The van der Waals surface area contributed by atoms with Gasteiger partial charge in [0.25, 0.3) is 0 Å². The summed E-state index contributed by atoms with van der Waals surface area (Å²) in [6.45, 7) is -0.177. The van der Waals surface area contributed by atoms with Crippen LogP contribution in [0.2, 0.25) is 0 Å². The molecule has 0 amide bonds. The average molecular weight is 515 g/mol. The molecule has 1 radical (unpaired) electrons. The molecule has 1 nitrogen and oxygen atoms in total. The van der Waals surface area contributed by atoms with Crippen molar-refractivity contribution in [2.75, 3.05) is 6.61 Å². The molecule has 0 heterocycles. The van der Waals surface area contributed by atoms with E-state index in [4.69, 9.17) is 104 Å². The molecule has 0 saturated carbocycles. The van der Waals surface area contributed by atoms with Crippen LogP contribution in [0.1, 0.15) is 24.0 Å². The summed E-state index contributed by atoms with van der Waals surface area (Å²) in [4.78, 5) is 0. The molecule has 0 N–H and O–H groups in total. The van der Waals surface area contributed by atoms with Gasteiger partial charge in [0.1, 0.15) is 0 Å². The molecule has 1 aromatic rings. The first-order valence-corrected chi connectivity index (χ1v) is 10.1. The minimum Gasteiger partial charge on any atom is -0.237 e. The molecule has 0 spiro atoms. The van der Waals surface area contributed by atoms with Crippen LogP contribution in [0.5, 0.6) is 0 Å². The summed E-state index contributed by atoms with van der Waals surface area (Å²) in [5.74, 6) is 0. The van der Waals surface area contributed by atoms with E-state index in [1.54, 1.807) is 24.3 Å². The van der Waals surface area contributed by atoms with E-state index in [0.29, 0.717) is 24.8 Å². The van der Waals surface area contributed by atoms with Crippen LogP contribution in [-0.4, -0.2) is 19.1 Å². The van der Waals surface area contributed by atoms with Gasteiger partial charge in [-0.3, -0.25) is 0 Å². The first kappa shape index (κ1) is 23.8. The topological polar surface area (TPSA) is 19.9 Å². The third-order valence-electron chi connectivity index (χ3n) is 3.34. The number of alkyl halides is 9. The van der Waals surface area contributed by atoms with Crippen molar-refractivity contribution in [2.24, 2.45) is 0 Å². The summed E-state index contributed by atoms with van der Waals surface area (Å²) < 4.78 is -8.89. The van der Waals surface area contributed by atoms with Crippen LogP contribution < -0.4 is 0 Å². The van der Waals surface area contributed by atoms with Crippen LogP contribution in [0.4, 0.5) is 0 Å². The predicted molar refractivity (Wildman–Crippen MR) is 107 cm³/mol. The highest BCUT2D eigenvalue weighted by molar-refractivity contribution is 6.80. The van der Waals surface area contributed by atoms with Gasteiger partial charge in [0.2, 0.25) is 8.13 Å². The summed E-state index contributed by atoms with van der Waals surface area (Å²) in [6, 6.07) is 6.88. The molecule has 0 unspecified atom stereocenters. The van der Waals surface area contributed by atoms with Gasteiger partial charge in [-0.05, 0) is 30.4 Å². The van der Waals surface area contributed by atoms with Crippen molar-refractivity contribution < 1.29 is 5.11 Å². The van der Waals surface area contributed by atoms with Crippen LogP contribution in [0.3, 0.4) is 0 Å². The van der Waals surface area contributed by atoms with Crippen molar-refractivity contribution in [2.45, 2.75) is 36.1 Å². The highest BCUT2D eigenvalue weighted by Crippen LogP contribution is 2.65. The van der Waals surface area contributed by atoms with Crippen molar-refractivity contribution in [3.05, 3.63) is 35.4 Å². The number of aryl methyl sites for hydroxylation is 1. The molecule has 0 aliphatic heterocycles. The Bertz CT molecular complexity index is 551. The quantitative estimate of drug-likeness (QED) is 0.261. The van der Waals surface area contributed by atoms with Crippen LogP contribution in [0, 0.1) is 0 Å². The summed E-state index contributed by atoms with van der Waals surface area (Å²) in [6.07, 6.45) is 1.68. The largest absolute Gasteiger partial charge is 0.237 e. The first-order chi connectivity index (χ1) is 10.8. The molecule has 0 aliphatic rings. The van der Waals surface area contributed by atoms with Crippen molar-refractivity contribution in [3.63, 3.8) is 0 Å². The standard InChI is InChI=1S/C14H12Cl9O/c15-11(16,12(17,18)13(19,20)14(21,22)23)10-7-2-1-5-9(10)6-3-4-8-24/h1-2,5,7H,3-4,6,8H2. The van der Waals surface area contributed by atoms with E-state index in [2.05, 4.69) is 0 Å². The van der Waals surface area contributed by atoms with Gasteiger partial charge in [-0.15, -0.1) is 0 Å². The molecule has 0 bridgehead atoms. The van der Waals surface area contributed by atoms with Gasteiger partial charge in [-0.1, -0.05) is 129 Å². The second-order valence-corrected chi connectivity index (χ2v) is 11.3. The number of hydrogen-bond donors (Lipinski definition) is 0. The van der Waals surface area contributed by atoms with Gasteiger partial charge in [-0.2, -0.15) is 0 Å². The maximum atomic E-state index is 10.6. The van der Waals surface area contributed by atoms with E-state index >= 15 is 0 Å². The highest BCUT2D eigenvalue weighted by Gasteiger charge is 2.68. The lowest BCUT2D eigenvalue weighted by atomic mass is 9.96. The van der Waals surface area contributed by atoms with E-state index in [9.17, 15) is 5.11 Å². The molecule has 1 aromatic carbocycles. The zero-order valence-corrected chi connectivity index (χ0v) is 18.8. The van der Waals surface area contributed by atoms with E-state index in [1.165, 1.54) is 0 Å². The SMILES string of the molecule is [O]CCCCc1ccccc1C(Cl)(Cl)C(Cl)(Cl)C(Cl)(Cl)C(Cl)(Cl)Cl. The van der Waals surface area contributed by atoms with E-state index in [0.717, 1.165) is 5.56 Å². The second-order valence-electron chi connectivity index (χ2n) is 5.04. The van der Waals surface area contributed by atoms with Gasteiger partial charge < -0.3 is 0 Å². The first-order valence-electron chi connectivity index (χ1n) is 6.67. The Morgan fingerprint density at radius 1 is 0.750 bits per heavy atom. The summed E-state index contributed by atoms with van der Waals surface area (Å²) >= 11 is 55.1. The normalized spacial score (nSPS) is 14.1. The number of benzene rings is 1. The Morgan fingerprint density at radius 3 is 1.79 bits per heavy atom. The van der Waals surface area contributed by atoms with Gasteiger partial charge in [0.15, 0.2) is 8.67 Å². The highest BCUT2D eigenvalue weighted by atomic mass is 35.6. The Morgan fingerprint density at radius 2 is 1.29 bits per heavy atom. The molecule has 10 heteroatoms. The molecule has 0 aromatic heterocycles. The molecule has 137 valence electrons. The van der Waals surface area contributed by atoms with Gasteiger partial charge in [0.05, 0.1) is 6.61 Å².